The van der Waals surface area contributed by atoms with E-state index in [1.807, 2.05) is 11.4 Å². The number of hydrogen-bond acceptors (Lipinski definition) is 6. The van der Waals surface area contributed by atoms with Crippen LogP contribution in [-0.4, -0.2) is 24.4 Å². The SMILES string of the molecule is COC(=O)c1cccc(-c2csc(/N=C/NN)n2)c1. The van der Waals surface area contributed by atoms with Gasteiger partial charge in [0, 0.05) is 10.9 Å². The van der Waals surface area contributed by atoms with Crippen molar-refractivity contribution in [2.24, 2.45) is 10.8 Å². The third-order valence-electron chi connectivity index (χ3n) is 2.32. The molecule has 0 saturated carbocycles. The third kappa shape index (κ3) is 3.15. The van der Waals surface area contributed by atoms with E-state index in [2.05, 4.69) is 20.1 Å². The van der Waals surface area contributed by atoms with E-state index in [9.17, 15) is 4.79 Å². The van der Waals surface area contributed by atoms with Gasteiger partial charge in [-0.3, -0.25) is 0 Å². The van der Waals surface area contributed by atoms with Gasteiger partial charge in [0.2, 0.25) is 5.13 Å². The van der Waals surface area contributed by atoms with Crippen LogP contribution < -0.4 is 11.3 Å². The Balaban J connectivity index is 2.29. The number of nitrogens with two attached hydrogens (primary N) is 1. The van der Waals surface area contributed by atoms with Gasteiger partial charge in [-0.05, 0) is 12.1 Å². The van der Waals surface area contributed by atoms with Gasteiger partial charge in [0.05, 0.1) is 18.4 Å². The molecular weight excluding hydrogens is 264 g/mol. The number of thiazole rings is 1. The number of methoxy groups -OCH3 is 1. The first-order chi connectivity index (χ1) is 9.24. The molecule has 6 nitrogen and oxygen atoms in total. The van der Waals surface area contributed by atoms with Crippen LogP contribution in [0, 0.1) is 0 Å². The molecule has 3 N–H and O–H groups in total. The summed E-state index contributed by atoms with van der Waals surface area (Å²) in [5.41, 5.74) is 4.38. The van der Waals surface area contributed by atoms with Crippen molar-refractivity contribution in [2.45, 2.75) is 0 Å². The largest absolute Gasteiger partial charge is 0.465 e. The second-order valence-electron chi connectivity index (χ2n) is 3.51. The summed E-state index contributed by atoms with van der Waals surface area (Å²) < 4.78 is 4.68. The quantitative estimate of drug-likeness (QED) is 0.292. The molecule has 2 rings (SSSR count). The first-order valence-electron chi connectivity index (χ1n) is 5.37. The van der Waals surface area contributed by atoms with E-state index in [0.29, 0.717) is 10.7 Å². The van der Waals surface area contributed by atoms with Crippen LogP contribution in [0.15, 0.2) is 34.6 Å². The number of carbonyl (C=O) groups excluding carboxylic acids is 1. The van der Waals surface area contributed by atoms with E-state index < -0.39 is 0 Å². The van der Waals surface area contributed by atoms with Gasteiger partial charge in [0.15, 0.2) is 0 Å². The zero-order chi connectivity index (χ0) is 13.7. The zero-order valence-corrected chi connectivity index (χ0v) is 11.0. The summed E-state index contributed by atoms with van der Waals surface area (Å²) in [6, 6.07) is 7.08. The highest BCUT2D eigenvalue weighted by Gasteiger charge is 2.08. The summed E-state index contributed by atoms with van der Waals surface area (Å²) in [6.45, 7) is 0. The average Bonchev–Trinajstić information content (AvgIpc) is 2.93. The van der Waals surface area contributed by atoms with Crippen LogP contribution in [0.1, 0.15) is 10.4 Å². The molecule has 0 unspecified atom stereocenters. The van der Waals surface area contributed by atoms with Crippen molar-refractivity contribution in [3.63, 3.8) is 0 Å². The van der Waals surface area contributed by atoms with E-state index in [1.54, 1.807) is 18.2 Å². The monoisotopic (exact) mass is 276 g/mol. The van der Waals surface area contributed by atoms with Crippen molar-refractivity contribution < 1.29 is 9.53 Å². The van der Waals surface area contributed by atoms with Gasteiger partial charge in [-0.15, -0.1) is 11.3 Å². The van der Waals surface area contributed by atoms with Crippen molar-refractivity contribution in [3.05, 3.63) is 35.2 Å². The molecule has 0 radical (unpaired) electrons. The number of hydrazine groups is 1. The Morgan fingerprint density at radius 1 is 1.58 bits per heavy atom. The molecule has 0 amide bonds. The fourth-order valence-corrected chi connectivity index (χ4v) is 2.14. The predicted molar refractivity (Wildman–Crippen MR) is 74.4 cm³/mol. The molecule has 19 heavy (non-hydrogen) atoms. The molecule has 0 atom stereocenters. The molecule has 0 saturated heterocycles. The number of carbonyl (C=O) groups is 1. The van der Waals surface area contributed by atoms with Gasteiger partial charge in [-0.1, -0.05) is 12.1 Å². The molecule has 1 aromatic heterocycles. The summed E-state index contributed by atoms with van der Waals surface area (Å²) in [6.07, 6.45) is 1.35. The minimum absolute atomic E-state index is 0.373. The molecule has 7 heteroatoms. The summed E-state index contributed by atoms with van der Waals surface area (Å²) in [7, 11) is 1.35. The Labute approximate surface area is 113 Å². The van der Waals surface area contributed by atoms with Gasteiger partial charge in [-0.2, -0.15) is 0 Å². The second-order valence-corrected chi connectivity index (χ2v) is 4.35. The number of aromatic nitrogens is 1. The van der Waals surface area contributed by atoms with E-state index in [1.165, 1.54) is 24.8 Å². The maximum absolute atomic E-state index is 11.5. The number of aliphatic imine (C=N–C) groups is 1. The van der Waals surface area contributed by atoms with Crippen molar-refractivity contribution in [1.29, 1.82) is 0 Å². The summed E-state index contributed by atoms with van der Waals surface area (Å²) >= 11 is 1.38. The van der Waals surface area contributed by atoms with Gasteiger partial charge in [0.25, 0.3) is 0 Å². The number of ether oxygens (including phenoxy) is 1. The molecule has 1 heterocycles. The molecule has 1 aromatic carbocycles. The standard InChI is InChI=1S/C12H12N4O2S/c1-18-11(17)9-4-2-3-8(5-9)10-6-19-12(16-10)14-7-15-13/h2-7H,13H2,1H3,(H,14,15,16). The van der Waals surface area contributed by atoms with Crippen LogP contribution >= 0.6 is 11.3 Å². The Bertz CT molecular complexity index is 609. The number of esters is 1. The molecule has 2 aromatic rings. The number of nitrogens with one attached hydrogen (secondary N) is 1. The molecule has 0 aliphatic rings. The van der Waals surface area contributed by atoms with Crippen LogP contribution in [0.2, 0.25) is 0 Å². The van der Waals surface area contributed by atoms with Crippen LogP contribution in [0.3, 0.4) is 0 Å². The van der Waals surface area contributed by atoms with Gasteiger partial charge >= 0.3 is 5.97 Å². The van der Waals surface area contributed by atoms with Crippen LogP contribution in [0.25, 0.3) is 11.3 Å². The average molecular weight is 276 g/mol. The summed E-state index contributed by atoms with van der Waals surface area (Å²) in [5, 5.41) is 2.44. The highest BCUT2D eigenvalue weighted by atomic mass is 32.1. The van der Waals surface area contributed by atoms with Gasteiger partial charge in [0.1, 0.15) is 6.34 Å². The lowest BCUT2D eigenvalue weighted by Crippen LogP contribution is -2.18. The number of benzene rings is 1. The van der Waals surface area contributed by atoms with Crippen molar-refractivity contribution in [3.8, 4) is 11.3 Å². The van der Waals surface area contributed by atoms with Crippen molar-refractivity contribution in [1.82, 2.24) is 10.4 Å². The maximum atomic E-state index is 11.5. The predicted octanol–water partition coefficient (Wildman–Crippen LogP) is 1.72. The first kappa shape index (κ1) is 13.2. The zero-order valence-electron chi connectivity index (χ0n) is 10.2. The second kappa shape index (κ2) is 6.07. The third-order valence-corrected chi connectivity index (χ3v) is 3.07. The summed E-state index contributed by atoms with van der Waals surface area (Å²) in [5.74, 6) is 4.72. The molecular formula is C12H12N4O2S. The highest BCUT2D eigenvalue weighted by molar-refractivity contribution is 7.13. The van der Waals surface area contributed by atoms with Crippen LogP contribution in [0.4, 0.5) is 5.13 Å². The Hall–Kier alpha value is -2.25. The lowest BCUT2D eigenvalue weighted by atomic mass is 10.1. The number of hydrogen-bond donors (Lipinski definition) is 2. The normalized spacial score (nSPS) is 10.6. The Morgan fingerprint density at radius 3 is 3.16 bits per heavy atom. The smallest absolute Gasteiger partial charge is 0.337 e. The fourth-order valence-electron chi connectivity index (χ4n) is 1.47. The fraction of sp³-hybridized carbons (Fsp3) is 0.0833. The van der Waals surface area contributed by atoms with E-state index in [4.69, 9.17) is 5.84 Å². The van der Waals surface area contributed by atoms with Crippen molar-refractivity contribution in [2.75, 3.05) is 7.11 Å². The van der Waals surface area contributed by atoms with Crippen LogP contribution in [-0.2, 0) is 4.74 Å². The van der Waals surface area contributed by atoms with Crippen molar-refractivity contribution >= 4 is 28.8 Å². The molecule has 0 aliphatic heterocycles. The number of nitrogens with zero attached hydrogens (tertiary/aromatic N) is 2. The van der Waals surface area contributed by atoms with Gasteiger partial charge in [-0.25, -0.2) is 20.6 Å². The van der Waals surface area contributed by atoms with Gasteiger partial charge < -0.3 is 10.2 Å². The Kier molecular flexibility index (Phi) is 4.22. The van der Waals surface area contributed by atoms with E-state index >= 15 is 0 Å². The molecule has 98 valence electrons. The highest BCUT2D eigenvalue weighted by Crippen LogP contribution is 2.27. The minimum atomic E-state index is -0.373. The lowest BCUT2D eigenvalue weighted by Gasteiger charge is -2.01. The topological polar surface area (TPSA) is 89.6 Å². The van der Waals surface area contributed by atoms with Crippen LogP contribution in [0.5, 0.6) is 0 Å². The maximum Gasteiger partial charge on any atom is 0.337 e. The molecule has 0 spiro atoms. The molecule has 0 bridgehead atoms. The lowest BCUT2D eigenvalue weighted by molar-refractivity contribution is 0.0601. The Morgan fingerprint density at radius 2 is 2.42 bits per heavy atom. The molecule has 0 aliphatic carbocycles. The minimum Gasteiger partial charge on any atom is -0.465 e. The molecule has 0 fully saturated rings. The summed E-state index contributed by atoms with van der Waals surface area (Å²) in [4.78, 5) is 19.8. The van der Waals surface area contributed by atoms with E-state index in [0.717, 1.165) is 11.3 Å². The number of rotatable bonds is 4. The van der Waals surface area contributed by atoms with E-state index in [-0.39, 0.29) is 5.97 Å². The first-order valence-corrected chi connectivity index (χ1v) is 6.25.